The maximum atomic E-state index is 2.32. The van der Waals surface area contributed by atoms with Crippen LogP contribution >= 0.6 is 0 Å². The van der Waals surface area contributed by atoms with Crippen molar-refractivity contribution in [3.05, 3.63) is 21.0 Å². The van der Waals surface area contributed by atoms with Crippen LogP contribution in [0.15, 0.2) is 11.0 Å². The van der Waals surface area contributed by atoms with Crippen LogP contribution in [-0.4, -0.2) is 14.5 Å². The van der Waals surface area contributed by atoms with Crippen LogP contribution in [0, 0.1) is 0 Å². The summed E-state index contributed by atoms with van der Waals surface area (Å²) >= 11 is 0.708. The van der Waals surface area contributed by atoms with Crippen LogP contribution in [0.2, 0.25) is 0 Å². The van der Waals surface area contributed by atoms with Gasteiger partial charge in [-0.25, -0.2) is 0 Å². The summed E-state index contributed by atoms with van der Waals surface area (Å²) in [5, 5.41) is 0. The molecule has 0 unspecified atom stereocenters. The van der Waals surface area contributed by atoms with E-state index in [1.807, 2.05) is 0 Å². The average Bonchev–Trinajstić information content (AvgIpc) is 2.33. The second-order valence-electron chi connectivity index (χ2n) is 2.08. The zero-order chi connectivity index (χ0) is 6.69. The second-order valence-corrected chi connectivity index (χ2v) is 4.18. The fraction of sp³-hybridized carbons (Fsp3) is 0.500. The quantitative estimate of drug-likeness (QED) is 0.620. The van der Waals surface area contributed by atoms with Crippen molar-refractivity contribution in [2.75, 3.05) is 0 Å². The summed E-state index contributed by atoms with van der Waals surface area (Å²) in [6.07, 6.45) is 2.48. The van der Waals surface area contributed by atoms with Crippen molar-refractivity contribution in [3.8, 4) is 0 Å². The van der Waals surface area contributed by atoms with Gasteiger partial charge in [-0.2, -0.15) is 0 Å². The number of hydrogen-bond donors (Lipinski definition) is 0. The molecule has 0 amide bonds. The van der Waals surface area contributed by atoms with Crippen molar-refractivity contribution in [1.82, 2.24) is 0 Å². The standard InChI is InChI=1S/C8H12Se/c1-3-7-5-6-9-8(7)4-2/h5-6H,3-4H2,1-2H3. The molecule has 1 aromatic heterocycles. The van der Waals surface area contributed by atoms with Gasteiger partial charge in [0, 0.05) is 0 Å². The molecule has 0 bridgehead atoms. The zero-order valence-corrected chi connectivity index (χ0v) is 7.69. The van der Waals surface area contributed by atoms with Crippen molar-refractivity contribution >= 4 is 14.5 Å². The van der Waals surface area contributed by atoms with Gasteiger partial charge in [-0.15, -0.1) is 0 Å². The molecular weight excluding hydrogens is 175 g/mol. The van der Waals surface area contributed by atoms with Gasteiger partial charge in [0.05, 0.1) is 0 Å². The average molecular weight is 187 g/mol. The first-order chi connectivity index (χ1) is 4.38. The summed E-state index contributed by atoms with van der Waals surface area (Å²) in [5.41, 5.74) is 1.59. The Kier molecular flexibility index (Phi) is 2.56. The Morgan fingerprint density at radius 3 is 2.56 bits per heavy atom. The van der Waals surface area contributed by atoms with E-state index in [9.17, 15) is 0 Å². The molecule has 1 heterocycles. The molecule has 0 atom stereocenters. The molecule has 0 nitrogen and oxygen atoms in total. The third-order valence-electron chi connectivity index (χ3n) is 1.54. The SMILES string of the molecule is CCc1cc[se]c1CC. The third kappa shape index (κ3) is 1.47. The Bertz CT molecular complexity index is 158. The van der Waals surface area contributed by atoms with E-state index in [1.165, 1.54) is 12.8 Å². The monoisotopic (exact) mass is 188 g/mol. The van der Waals surface area contributed by atoms with E-state index in [-0.39, 0.29) is 0 Å². The van der Waals surface area contributed by atoms with Crippen molar-refractivity contribution in [2.24, 2.45) is 0 Å². The van der Waals surface area contributed by atoms with Crippen LogP contribution in [0.5, 0.6) is 0 Å². The zero-order valence-electron chi connectivity index (χ0n) is 5.98. The fourth-order valence-corrected chi connectivity index (χ4v) is 2.94. The molecule has 0 spiro atoms. The van der Waals surface area contributed by atoms with E-state index in [1.54, 1.807) is 10.0 Å². The summed E-state index contributed by atoms with van der Waals surface area (Å²) in [7, 11) is 0. The van der Waals surface area contributed by atoms with Crippen LogP contribution in [0.3, 0.4) is 0 Å². The molecule has 0 N–H and O–H groups in total. The third-order valence-corrected chi connectivity index (χ3v) is 3.86. The number of aryl methyl sites for hydroxylation is 2. The fourth-order valence-electron chi connectivity index (χ4n) is 0.992. The molecule has 0 aliphatic rings. The molecule has 0 saturated carbocycles. The summed E-state index contributed by atoms with van der Waals surface area (Å²) in [6.45, 7) is 4.48. The van der Waals surface area contributed by atoms with E-state index in [2.05, 4.69) is 24.9 Å². The van der Waals surface area contributed by atoms with Gasteiger partial charge in [0.25, 0.3) is 0 Å². The molecule has 50 valence electrons. The predicted octanol–water partition coefficient (Wildman–Crippen LogP) is 1.87. The summed E-state index contributed by atoms with van der Waals surface area (Å²) in [6, 6.07) is 2.29. The first-order valence-corrected chi connectivity index (χ1v) is 5.28. The van der Waals surface area contributed by atoms with Crippen LogP contribution in [0.25, 0.3) is 0 Å². The second kappa shape index (κ2) is 3.24. The molecule has 1 rings (SSSR count). The Balaban J connectivity index is 2.85. The Hall–Kier alpha value is -0.000519. The molecule has 9 heavy (non-hydrogen) atoms. The van der Waals surface area contributed by atoms with Crippen LogP contribution in [0.1, 0.15) is 23.8 Å². The van der Waals surface area contributed by atoms with Gasteiger partial charge in [-0.3, -0.25) is 0 Å². The Morgan fingerprint density at radius 1 is 1.33 bits per heavy atom. The minimum atomic E-state index is 0.708. The Morgan fingerprint density at radius 2 is 2.11 bits per heavy atom. The van der Waals surface area contributed by atoms with Gasteiger partial charge >= 0.3 is 62.2 Å². The molecule has 1 aromatic rings. The first kappa shape index (κ1) is 7.11. The molecule has 0 aromatic carbocycles. The molecule has 0 saturated heterocycles. The van der Waals surface area contributed by atoms with Crippen LogP contribution in [0.4, 0.5) is 0 Å². The van der Waals surface area contributed by atoms with Crippen molar-refractivity contribution in [2.45, 2.75) is 26.7 Å². The molecule has 0 aliphatic carbocycles. The van der Waals surface area contributed by atoms with E-state index in [0.29, 0.717) is 14.5 Å². The molecule has 1 heteroatoms. The summed E-state index contributed by atoms with van der Waals surface area (Å²) in [4.78, 5) is 2.32. The van der Waals surface area contributed by atoms with E-state index < -0.39 is 0 Å². The molecule has 0 radical (unpaired) electrons. The number of hydrogen-bond acceptors (Lipinski definition) is 0. The minimum absolute atomic E-state index is 0.708. The summed E-state index contributed by atoms with van der Waals surface area (Å²) < 4.78 is 1.70. The molecule has 0 aliphatic heterocycles. The maximum absolute atomic E-state index is 2.32. The normalized spacial score (nSPS) is 10.0. The topological polar surface area (TPSA) is 0 Å². The molecule has 0 fully saturated rings. The summed E-state index contributed by atoms with van der Waals surface area (Å²) in [5.74, 6) is 0. The van der Waals surface area contributed by atoms with Gasteiger partial charge in [0.1, 0.15) is 0 Å². The van der Waals surface area contributed by atoms with Crippen molar-refractivity contribution < 1.29 is 0 Å². The van der Waals surface area contributed by atoms with Gasteiger partial charge in [0.2, 0.25) is 0 Å². The van der Waals surface area contributed by atoms with Crippen molar-refractivity contribution in [1.29, 1.82) is 0 Å². The van der Waals surface area contributed by atoms with Gasteiger partial charge in [-0.05, 0) is 0 Å². The first-order valence-electron chi connectivity index (χ1n) is 3.43. The van der Waals surface area contributed by atoms with E-state index >= 15 is 0 Å². The molecular formula is C8H12Se. The van der Waals surface area contributed by atoms with Gasteiger partial charge in [0.15, 0.2) is 0 Å². The predicted molar refractivity (Wildman–Crippen MR) is 42.1 cm³/mol. The van der Waals surface area contributed by atoms with E-state index in [4.69, 9.17) is 0 Å². The van der Waals surface area contributed by atoms with Crippen LogP contribution < -0.4 is 0 Å². The van der Waals surface area contributed by atoms with Crippen LogP contribution in [-0.2, 0) is 12.8 Å². The Labute approximate surface area is 62.6 Å². The van der Waals surface area contributed by atoms with Crippen molar-refractivity contribution in [3.63, 3.8) is 0 Å². The van der Waals surface area contributed by atoms with E-state index in [0.717, 1.165) is 0 Å². The van der Waals surface area contributed by atoms with Gasteiger partial charge < -0.3 is 0 Å². The number of rotatable bonds is 2. The van der Waals surface area contributed by atoms with Gasteiger partial charge in [-0.1, -0.05) is 0 Å².